The molecule has 2 nitrogen and oxygen atoms in total. The van der Waals surface area contributed by atoms with E-state index in [0.29, 0.717) is 6.42 Å². The van der Waals surface area contributed by atoms with Crippen molar-refractivity contribution >= 4 is 37.5 Å². The quantitative estimate of drug-likeness (QED) is 0.911. The van der Waals surface area contributed by atoms with Crippen LogP contribution < -0.4 is 0 Å². The van der Waals surface area contributed by atoms with Gasteiger partial charge in [-0.05, 0) is 36.7 Å². The number of rotatable bonds is 2. The Hall–Kier alpha value is -0.450. The molecule has 1 atom stereocenters. The summed E-state index contributed by atoms with van der Waals surface area (Å²) in [5.41, 5.74) is 0.987. The van der Waals surface area contributed by atoms with Gasteiger partial charge in [-0.2, -0.15) is 4.37 Å². The molecule has 0 aliphatic heterocycles. The summed E-state index contributed by atoms with van der Waals surface area (Å²) in [6, 6.07) is 6.10. The van der Waals surface area contributed by atoms with E-state index in [1.807, 2.05) is 12.1 Å². The third kappa shape index (κ3) is 1.97. The lowest BCUT2D eigenvalue weighted by Gasteiger charge is -2.00. The Balaban J connectivity index is 2.50. The van der Waals surface area contributed by atoms with Crippen LogP contribution in [0.2, 0.25) is 0 Å². The fourth-order valence-corrected chi connectivity index (χ4v) is 2.53. The van der Waals surface area contributed by atoms with Crippen LogP contribution in [0.5, 0.6) is 0 Å². The van der Waals surface area contributed by atoms with Crippen molar-refractivity contribution < 1.29 is 5.11 Å². The van der Waals surface area contributed by atoms with Crippen LogP contribution in [-0.4, -0.2) is 15.6 Å². The first-order valence-corrected chi connectivity index (χ1v) is 5.95. The highest BCUT2D eigenvalue weighted by molar-refractivity contribution is 9.10. The lowest BCUT2D eigenvalue weighted by molar-refractivity contribution is 0.195. The molecule has 74 valence electrons. The van der Waals surface area contributed by atoms with Gasteiger partial charge in [-0.15, -0.1) is 0 Å². The van der Waals surface area contributed by atoms with Gasteiger partial charge in [0.25, 0.3) is 0 Å². The third-order valence-electron chi connectivity index (χ3n) is 2.00. The normalized spacial score (nSPS) is 13.4. The molecule has 0 aliphatic rings. The predicted octanol–water partition coefficient (Wildman–Crippen LogP) is 2.98. The maximum atomic E-state index is 9.31. The van der Waals surface area contributed by atoms with E-state index in [0.717, 1.165) is 15.6 Å². The van der Waals surface area contributed by atoms with Crippen LogP contribution in [0, 0.1) is 0 Å². The van der Waals surface area contributed by atoms with E-state index in [1.54, 1.807) is 6.92 Å². The van der Waals surface area contributed by atoms with Gasteiger partial charge in [0.05, 0.1) is 16.5 Å². The van der Waals surface area contributed by atoms with Gasteiger partial charge in [-0.1, -0.05) is 15.9 Å². The molecule has 14 heavy (non-hydrogen) atoms. The molecule has 1 N–H and O–H groups in total. The first-order chi connectivity index (χ1) is 6.66. The minimum absolute atomic E-state index is 0.334. The molecular formula is C10H10BrNOS. The second kappa shape index (κ2) is 3.96. The molecule has 0 radical (unpaired) electrons. The fraction of sp³-hybridized carbons (Fsp3) is 0.300. The van der Waals surface area contributed by atoms with Crippen molar-refractivity contribution in [3.63, 3.8) is 0 Å². The average Bonchev–Trinajstić information content (AvgIpc) is 2.47. The number of fused-ring (bicyclic) bond motifs is 1. The van der Waals surface area contributed by atoms with E-state index in [1.165, 1.54) is 16.2 Å². The second-order valence-corrected chi connectivity index (χ2v) is 5.04. The maximum Gasteiger partial charge on any atom is 0.0646 e. The van der Waals surface area contributed by atoms with Crippen LogP contribution in [-0.2, 0) is 6.42 Å². The van der Waals surface area contributed by atoms with Crippen molar-refractivity contribution in [2.45, 2.75) is 19.4 Å². The van der Waals surface area contributed by atoms with E-state index in [-0.39, 0.29) is 6.10 Å². The summed E-state index contributed by atoms with van der Waals surface area (Å²) >= 11 is 4.91. The van der Waals surface area contributed by atoms with E-state index in [9.17, 15) is 5.11 Å². The highest BCUT2D eigenvalue weighted by Crippen LogP contribution is 2.26. The summed E-state index contributed by atoms with van der Waals surface area (Å²) < 4.78 is 6.56. The van der Waals surface area contributed by atoms with Crippen molar-refractivity contribution in [3.8, 4) is 0 Å². The molecule has 0 saturated carbocycles. The zero-order valence-electron chi connectivity index (χ0n) is 7.70. The number of hydrogen-bond acceptors (Lipinski definition) is 3. The first kappa shape index (κ1) is 10.1. The van der Waals surface area contributed by atoms with Crippen LogP contribution in [0.3, 0.4) is 0 Å². The molecule has 2 rings (SSSR count). The van der Waals surface area contributed by atoms with Crippen molar-refractivity contribution in [2.24, 2.45) is 0 Å². The molecule has 0 saturated heterocycles. The molecule has 0 spiro atoms. The second-order valence-electron chi connectivity index (χ2n) is 3.32. The Morgan fingerprint density at radius 1 is 1.57 bits per heavy atom. The van der Waals surface area contributed by atoms with E-state index in [2.05, 4.69) is 26.4 Å². The number of halogens is 1. The highest BCUT2D eigenvalue weighted by Gasteiger charge is 2.08. The monoisotopic (exact) mass is 271 g/mol. The molecular weight excluding hydrogens is 262 g/mol. The molecule has 2 aromatic rings. The Morgan fingerprint density at radius 3 is 3.07 bits per heavy atom. The van der Waals surface area contributed by atoms with E-state index >= 15 is 0 Å². The number of nitrogens with zero attached hydrogens (tertiary/aromatic N) is 1. The van der Waals surface area contributed by atoms with Crippen LogP contribution in [0.4, 0.5) is 0 Å². The summed E-state index contributed by atoms with van der Waals surface area (Å²) in [5.74, 6) is 0. The average molecular weight is 272 g/mol. The van der Waals surface area contributed by atoms with Gasteiger partial charge in [0.15, 0.2) is 0 Å². The largest absolute Gasteiger partial charge is 0.393 e. The van der Waals surface area contributed by atoms with E-state index < -0.39 is 0 Å². The third-order valence-corrected chi connectivity index (χ3v) is 3.35. The molecule has 0 aliphatic carbocycles. The molecule has 0 amide bonds. The lowest BCUT2D eigenvalue weighted by atomic mass is 10.1. The Labute approximate surface area is 94.9 Å². The molecule has 1 aromatic heterocycles. The minimum Gasteiger partial charge on any atom is -0.393 e. The SMILES string of the molecule is CC(O)Cc1nsc2ccc(Br)cc12. The lowest BCUT2D eigenvalue weighted by Crippen LogP contribution is -2.04. The number of aliphatic hydroxyl groups excluding tert-OH is 1. The van der Waals surface area contributed by atoms with Gasteiger partial charge in [0.1, 0.15) is 0 Å². The minimum atomic E-state index is -0.334. The van der Waals surface area contributed by atoms with Gasteiger partial charge in [0.2, 0.25) is 0 Å². The Bertz CT molecular complexity index is 452. The van der Waals surface area contributed by atoms with Crippen molar-refractivity contribution in [1.82, 2.24) is 4.37 Å². The Kier molecular flexibility index (Phi) is 2.85. The summed E-state index contributed by atoms with van der Waals surface area (Å²) in [6.45, 7) is 1.78. The van der Waals surface area contributed by atoms with Gasteiger partial charge in [0, 0.05) is 16.3 Å². The number of hydrogen-bond donors (Lipinski definition) is 1. The topological polar surface area (TPSA) is 33.1 Å². The predicted molar refractivity (Wildman–Crippen MR) is 62.7 cm³/mol. The molecule has 0 bridgehead atoms. The summed E-state index contributed by atoms with van der Waals surface area (Å²) in [7, 11) is 0. The van der Waals surface area contributed by atoms with Crippen molar-refractivity contribution in [1.29, 1.82) is 0 Å². The number of aromatic nitrogens is 1. The zero-order valence-corrected chi connectivity index (χ0v) is 10.1. The standard InChI is InChI=1S/C10H10BrNOS/c1-6(13)4-9-8-5-7(11)2-3-10(8)14-12-9/h2-3,5-6,13H,4H2,1H3. The smallest absolute Gasteiger partial charge is 0.0646 e. The van der Waals surface area contributed by atoms with Gasteiger partial charge in [-0.3, -0.25) is 0 Å². The molecule has 0 fully saturated rings. The van der Waals surface area contributed by atoms with Crippen molar-refractivity contribution in [3.05, 3.63) is 28.4 Å². The molecule has 1 aromatic carbocycles. The molecule has 1 unspecified atom stereocenters. The summed E-state index contributed by atoms with van der Waals surface area (Å²) in [6.07, 6.45) is 0.287. The zero-order chi connectivity index (χ0) is 10.1. The van der Waals surface area contributed by atoms with Crippen molar-refractivity contribution in [2.75, 3.05) is 0 Å². The highest BCUT2D eigenvalue weighted by atomic mass is 79.9. The first-order valence-electron chi connectivity index (χ1n) is 4.38. The Morgan fingerprint density at radius 2 is 2.36 bits per heavy atom. The van der Waals surface area contributed by atoms with Crippen LogP contribution >= 0.6 is 27.5 Å². The van der Waals surface area contributed by atoms with Crippen LogP contribution in [0.25, 0.3) is 10.1 Å². The van der Waals surface area contributed by atoms with Crippen LogP contribution in [0.1, 0.15) is 12.6 Å². The van der Waals surface area contributed by atoms with Gasteiger partial charge in [-0.25, -0.2) is 0 Å². The number of aliphatic hydroxyl groups is 1. The number of benzene rings is 1. The summed E-state index contributed by atoms with van der Waals surface area (Å²) in [5, 5.41) is 10.4. The van der Waals surface area contributed by atoms with E-state index in [4.69, 9.17) is 0 Å². The van der Waals surface area contributed by atoms with Gasteiger partial charge < -0.3 is 5.11 Å². The molecule has 4 heteroatoms. The molecule has 1 heterocycles. The fourth-order valence-electron chi connectivity index (χ4n) is 1.39. The van der Waals surface area contributed by atoms with Gasteiger partial charge >= 0.3 is 0 Å². The maximum absolute atomic E-state index is 9.31. The van der Waals surface area contributed by atoms with Crippen LogP contribution in [0.15, 0.2) is 22.7 Å². The summed E-state index contributed by atoms with van der Waals surface area (Å²) in [4.78, 5) is 0.